The minimum atomic E-state index is -3.37. The van der Waals surface area contributed by atoms with Crippen molar-refractivity contribution in [1.82, 2.24) is 0 Å². The summed E-state index contributed by atoms with van der Waals surface area (Å²) >= 11 is 0. The number of amides is 1. The maximum Gasteiger partial charge on any atom is 0.255 e. The van der Waals surface area contributed by atoms with Crippen LogP contribution in [0.4, 0.5) is 11.4 Å². The molecule has 150 valence electrons. The fourth-order valence-corrected chi connectivity index (χ4v) is 3.33. The fourth-order valence-electron chi connectivity index (χ4n) is 2.76. The maximum atomic E-state index is 12.5. The molecule has 3 rings (SSSR count). The van der Waals surface area contributed by atoms with Gasteiger partial charge in [0.15, 0.2) is 0 Å². The zero-order valence-electron chi connectivity index (χ0n) is 16.4. The lowest BCUT2D eigenvalue weighted by Gasteiger charge is -2.19. The lowest BCUT2D eigenvalue weighted by molar-refractivity contribution is 0.102. The van der Waals surface area contributed by atoms with Crippen LogP contribution in [-0.4, -0.2) is 27.6 Å². The van der Waals surface area contributed by atoms with Gasteiger partial charge in [0.25, 0.3) is 5.91 Å². The minimum absolute atomic E-state index is 0.279. The number of hydrogen-bond acceptors (Lipinski definition) is 4. The number of sulfonamides is 1. The average molecular weight is 410 g/mol. The molecule has 1 amide bonds. The standard InChI is InChI=1S/C22H22N2O4S/c1-16-15-17(9-14-21(16)24(2)29(3,26)27)22(25)23-18-10-12-20(13-11-18)28-19-7-5-4-6-8-19/h4-15H,1-3H3,(H,23,25). The molecule has 0 heterocycles. The molecule has 0 atom stereocenters. The van der Waals surface area contributed by atoms with E-state index in [0.717, 1.165) is 12.0 Å². The van der Waals surface area contributed by atoms with Crippen molar-refractivity contribution in [3.63, 3.8) is 0 Å². The van der Waals surface area contributed by atoms with Crippen molar-refractivity contribution in [2.45, 2.75) is 6.92 Å². The van der Waals surface area contributed by atoms with Crippen LogP contribution in [0.3, 0.4) is 0 Å². The van der Waals surface area contributed by atoms with Gasteiger partial charge in [0.05, 0.1) is 11.9 Å². The molecule has 1 N–H and O–H groups in total. The monoisotopic (exact) mass is 410 g/mol. The summed E-state index contributed by atoms with van der Waals surface area (Å²) in [5.41, 5.74) is 2.30. The number of anilines is 2. The molecule has 0 radical (unpaired) electrons. The molecule has 3 aromatic rings. The topological polar surface area (TPSA) is 75.7 Å². The van der Waals surface area contributed by atoms with Crippen molar-refractivity contribution in [1.29, 1.82) is 0 Å². The third kappa shape index (κ3) is 5.14. The second-order valence-electron chi connectivity index (χ2n) is 6.63. The molecule has 3 aromatic carbocycles. The first-order valence-electron chi connectivity index (χ1n) is 8.93. The zero-order valence-corrected chi connectivity index (χ0v) is 17.2. The summed E-state index contributed by atoms with van der Waals surface area (Å²) < 4.78 is 30.4. The first kappa shape index (κ1) is 20.4. The molecule has 0 aromatic heterocycles. The van der Waals surface area contributed by atoms with Gasteiger partial charge in [0, 0.05) is 18.3 Å². The quantitative estimate of drug-likeness (QED) is 0.652. The SMILES string of the molecule is Cc1cc(C(=O)Nc2ccc(Oc3ccccc3)cc2)ccc1N(C)S(C)(=O)=O. The van der Waals surface area contributed by atoms with Gasteiger partial charge in [0.2, 0.25) is 10.0 Å². The van der Waals surface area contributed by atoms with Crippen molar-refractivity contribution >= 4 is 27.3 Å². The van der Waals surface area contributed by atoms with E-state index in [2.05, 4.69) is 5.32 Å². The Morgan fingerprint density at radius 3 is 2.14 bits per heavy atom. The fraction of sp³-hybridized carbons (Fsp3) is 0.136. The smallest absolute Gasteiger partial charge is 0.255 e. The van der Waals surface area contributed by atoms with E-state index in [-0.39, 0.29) is 5.91 Å². The Hall–Kier alpha value is -3.32. The summed E-state index contributed by atoms with van der Waals surface area (Å²) in [5.74, 6) is 1.12. The van der Waals surface area contributed by atoms with E-state index in [1.165, 1.54) is 11.4 Å². The number of carbonyl (C=O) groups excluding carboxylic acids is 1. The highest BCUT2D eigenvalue weighted by Gasteiger charge is 2.16. The molecule has 0 spiro atoms. The Balaban J connectivity index is 1.69. The number of nitrogens with one attached hydrogen (secondary N) is 1. The number of benzene rings is 3. The third-order valence-electron chi connectivity index (χ3n) is 4.39. The molecular weight excluding hydrogens is 388 g/mol. The van der Waals surface area contributed by atoms with Crippen LogP contribution in [0.2, 0.25) is 0 Å². The summed E-state index contributed by atoms with van der Waals surface area (Å²) in [4.78, 5) is 12.5. The number of aryl methyl sites for hydroxylation is 1. The number of para-hydroxylation sites is 1. The second-order valence-corrected chi connectivity index (χ2v) is 8.64. The van der Waals surface area contributed by atoms with Crippen LogP contribution in [-0.2, 0) is 10.0 Å². The van der Waals surface area contributed by atoms with E-state index in [1.807, 2.05) is 30.3 Å². The molecule has 0 aliphatic heterocycles. The van der Waals surface area contributed by atoms with Crippen molar-refractivity contribution in [3.05, 3.63) is 83.9 Å². The number of nitrogens with zero attached hydrogens (tertiary/aromatic N) is 1. The van der Waals surface area contributed by atoms with E-state index in [9.17, 15) is 13.2 Å². The van der Waals surface area contributed by atoms with Crippen molar-refractivity contribution in [2.75, 3.05) is 22.9 Å². The summed E-state index contributed by atoms with van der Waals surface area (Å²) in [6.07, 6.45) is 1.14. The van der Waals surface area contributed by atoms with Crippen LogP contribution in [0.25, 0.3) is 0 Å². The largest absolute Gasteiger partial charge is 0.457 e. The third-order valence-corrected chi connectivity index (χ3v) is 5.58. The Labute approximate surface area is 170 Å². The number of rotatable bonds is 6. The molecule has 0 bridgehead atoms. The summed E-state index contributed by atoms with van der Waals surface area (Å²) in [5, 5.41) is 2.83. The highest BCUT2D eigenvalue weighted by atomic mass is 32.2. The van der Waals surface area contributed by atoms with Gasteiger partial charge in [0.1, 0.15) is 11.5 Å². The molecule has 0 aliphatic rings. The second kappa shape index (κ2) is 8.36. The Morgan fingerprint density at radius 2 is 1.55 bits per heavy atom. The van der Waals surface area contributed by atoms with E-state index in [1.54, 1.807) is 49.4 Å². The van der Waals surface area contributed by atoms with Crippen molar-refractivity contribution < 1.29 is 17.9 Å². The van der Waals surface area contributed by atoms with Gasteiger partial charge in [-0.2, -0.15) is 0 Å². The normalized spacial score (nSPS) is 11.0. The highest BCUT2D eigenvalue weighted by Crippen LogP contribution is 2.24. The molecular formula is C22H22N2O4S. The molecule has 0 saturated heterocycles. The highest BCUT2D eigenvalue weighted by molar-refractivity contribution is 7.92. The van der Waals surface area contributed by atoms with E-state index in [0.29, 0.717) is 28.3 Å². The molecule has 0 fully saturated rings. The van der Waals surface area contributed by atoms with Gasteiger partial charge >= 0.3 is 0 Å². The van der Waals surface area contributed by atoms with E-state index < -0.39 is 10.0 Å². The lowest BCUT2D eigenvalue weighted by Crippen LogP contribution is -2.25. The van der Waals surface area contributed by atoms with Crippen LogP contribution >= 0.6 is 0 Å². The van der Waals surface area contributed by atoms with Crippen molar-refractivity contribution in [3.8, 4) is 11.5 Å². The van der Waals surface area contributed by atoms with Gasteiger partial charge in [-0.05, 0) is 67.1 Å². The predicted octanol–water partition coefficient (Wildman–Crippen LogP) is 4.44. The summed E-state index contributed by atoms with van der Waals surface area (Å²) in [7, 11) is -1.88. The number of ether oxygens (including phenoxy) is 1. The van der Waals surface area contributed by atoms with E-state index >= 15 is 0 Å². The molecule has 0 saturated carbocycles. The van der Waals surface area contributed by atoms with Gasteiger partial charge in [-0.15, -0.1) is 0 Å². The molecule has 0 unspecified atom stereocenters. The summed E-state index contributed by atoms with van der Waals surface area (Å²) in [6.45, 7) is 1.77. The molecule has 6 nitrogen and oxygen atoms in total. The predicted molar refractivity (Wildman–Crippen MR) is 115 cm³/mol. The Kier molecular flexibility index (Phi) is 5.89. The average Bonchev–Trinajstić information content (AvgIpc) is 2.69. The van der Waals surface area contributed by atoms with Gasteiger partial charge in [-0.25, -0.2) is 8.42 Å². The molecule has 29 heavy (non-hydrogen) atoms. The maximum absolute atomic E-state index is 12.5. The van der Waals surface area contributed by atoms with Crippen LogP contribution in [0.1, 0.15) is 15.9 Å². The Morgan fingerprint density at radius 1 is 0.931 bits per heavy atom. The van der Waals surface area contributed by atoms with Crippen molar-refractivity contribution in [2.24, 2.45) is 0 Å². The zero-order chi connectivity index (χ0) is 21.0. The van der Waals surface area contributed by atoms with E-state index in [4.69, 9.17) is 4.74 Å². The number of carbonyl (C=O) groups is 1. The van der Waals surface area contributed by atoms with Gasteiger partial charge in [-0.1, -0.05) is 18.2 Å². The first-order chi connectivity index (χ1) is 13.7. The van der Waals surface area contributed by atoms with Crippen LogP contribution in [0, 0.1) is 6.92 Å². The first-order valence-corrected chi connectivity index (χ1v) is 10.8. The minimum Gasteiger partial charge on any atom is -0.457 e. The van der Waals surface area contributed by atoms with Crippen LogP contribution in [0.15, 0.2) is 72.8 Å². The number of hydrogen-bond donors (Lipinski definition) is 1. The van der Waals surface area contributed by atoms with Gasteiger partial charge < -0.3 is 10.1 Å². The molecule has 7 heteroatoms. The van der Waals surface area contributed by atoms with Gasteiger partial charge in [-0.3, -0.25) is 9.10 Å². The Bertz CT molecular complexity index is 1110. The van der Waals surface area contributed by atoms with Crippen LogP contribution < -0.4 is 14.4 Å². The lowest BCUT2D eigenvalue weighted by atomic mass is 10.1. The summed E-state index contributed by atoms with van der Waals surface area (Å²) in [6, 6.07) is 21.4. The molecule has 0 aliphatic carbocycles. The van der Waals surface area contributed by atoms with Crippen LogP contribution in [0.5, 0.6) is 11.5 Å².